The van der Waals surface area contributed by atoms with Crippen LogP contribution in [0, 0.1) is 0 Å². The van der Waals surface area contributed by atoms with Crippen molar-refractivity contribution in [1.82, 2.24) is 0 Å². The molecule has 2 nitrogen and oxygen atoms in total. The molecule has 0 bridgehead atoms. The van der Waals surface area contributed by atoms with E-state index in [1.165, 1.54) is 0 Å². The van der Waals surface area contributed by atoms with Gasteiger partial charge in [-0.3, -0.25) is 4.79 Å². The summed E-state index contributed by atoms with van der Waals surface area (Å²) in [5, 5.41) is 0.749. The van der Waals surface area contributed by atoms with Gasteiger partial charge in [-0.25, -0.2) is 4.57 Å². The maximum absolute atomic E-state index is 12.3. The Bertz CT molecular complexity index is 782. The minimum Gasteiger partial charge on any atom is -0.289 e. The van der Waals surface area contributed by atoms with Gasteiger partial charge >= 0.3 is 0 Å². The topological polar surface area (TPSA) is 20.9 Å². The quantitative estimate of drug-likeness (QED) is 0.529. The molecule has 3 heteroatoms. The average molecular weight is 309 g/mol. The van der Waals surface area contributed by atoms with Gasteiger partial charge in [0, 0.05) is 28.8 Å². The predicted molar refractivity (Wildman–Crippen MR) is 87.1 cm³/mol. The van der Waals surface area contributed by atoms with Crippen LogP contribution in [0.5, 0.6) is 0 Å². The van der Waals surface area contributed by atoms with E-state index in [-0.39, 0.29) is 5.78 Å². The molecule has 3 rings (SSSR count). The van der Waals surface area contributed by atoms with E-state index < -0.39 is 0 Å². The van der Waals surface area contributed by atoms with Crippen LogP contribution in [0.4, 0.5) is 0 Å². The molecule has 108 valence electrons. The molecule has 3 aromatic rings. The number of ketones is 1. The van der Waals surface area contributed by atoms with Gasteiger partial charge in [0.25, 0.3) is 0 Å². The number of carbonyl (C=O) groups excluding carboxylic acids is 1. The zero-order chi connectivity index (χ0) is 15.4. The van der Waals surface area contributed by atoms with Crippen molar-refractivity contribution in [1.29, 1.82) is 0 Å². The van der Waals surface area contributed by atoms with Gasteiger partial charge in [0.1, 0.15) is 0 Å². The molecule has 0 spiro atoms. The lowest BCUT2D eigenvalue weighted by molar-refractivity contribution is -0.688. The fourth-order valence-electron chi connectivity index (χ4n) is 2.29. The van der Waals surface area contributed by atoms with E-state index in [1.807, 2.05) is 83.7 Å². The third kappa shape index (κ3) is 3.23. The summed E-state index contributed by atoms with van der Waals surface area (Å²) in [5.74, 6) is 0.0329. The number of benzene rings is 2. The Hall–Kier alpha value is -2.45. The number of rotatable bonds is 4. The van der Waals surface area contributed by atoms with E-state index in [0.717, 1.165) is 10.6 Å². The lowest BCUT2D eigenvalue weighted by Gasteiger charge is -2.02. The second kappa shape index (κ2) is 6.54. The molecule has 0 amide bonds. The molecule has 0 saturated heterocycles. The van der Waals surface area contributed by atoms with Crippen molar-refractivity contribution in [2.45, 2.75) is 6.54 Å². The molecule has 0 unspecified atom stereocenters. The molecular formula is C19H15ClNO+. The molecule has 2 aromatic carbocycles. The molecular weight excluding hydrogens is 294 g/mol. The van der Waals surface area contributed by atoms with E-state index in [4.69, 9.17) is 11.6 Å². The fraction of sp³-hybridized carbons (Fsp3) is 0.0526. The van der Waals surface area contributed by atoms with Crippen molar-refractivity contribution in [3.8, 4) is 0 Å². The van der Waals surface area contributed by atoms with Crippen molar-refractivity contribution in [2.75, 3.05) is 0 Å². The highest BCUT2D eigenvalue weighted by Crippen LogP contribution is 2.14. The molecule has 0 aliphatic carbocycles. The van der Waals surface area contributed by atoms with Crippen molar-refractivity contribution in [3.05, 3.63) is 101 Å². The Balaban J connectivity index is 1.79. The number of halogens is 1. The van der Waals surface area contributed by atoms with Crippen molar-refractivity contribution in [2.24, 2.45) is 0 Å². The maximum Gasteiger partial charge on any atom is 0.193 e. The predicted octanol–water partition coefficient (Wildman–Crippen LogP) is 3.91. The second-order valence-electron chi connectivity index (χ2n) is 5.05. The van der Waals surface area contributed by atoms with Crippen molar-refractivity contribution >= 4 is 17.4 Å². The van der Waals surface area contributed by atoms with Gasteiger partial charge in [-0.15, -0.1) is 0 Å². The Kier molecular flexibility index (Phi) is 4.31. The molecule has 0 atom stereocenters. The van der Waals surface area contributed by atoms with Gasteiger partial charge < -0.3 is 0 Å². The van der Waals surface area contributed by atoms with Crippen molar-refractivity contribution in [3.63, 3.8) is 0 Å². The summed E-state index contributed by atoms with van der Waals surface area (Å²) in [7, 11) is 0. The fourth-order valence-corrected chi connectivity index (χ4v) is 2.49. The molecule has 0 aliphatic heterocycles. The molecule has 0 fully saturated rings. The number of hydrogen-bond acceptors (Lipinski definition) is 1. The lowest BCUT2D eigenvalue weighted by Crippen LogP contribution is -2.33. The average Bonchev–Trinajstić information content (AvgIpc) is 2.58. The van der Waals surface area contributed by atoms with Crippen LogP contribution in [0.25, 0.3) is 0 Å². The van der Waals surface area contributed by atoms with Crippen molar-refractivity contribution < 1.29 is 9.36 Å². The summed E-state index contributed by atoms with van der Waals surface area (Å²) in [6, 6.07) is 20.7. The van der Waals surface area contributed by atoms with Crippen LogP contribution < -0.4 is 4.57 Å². The minimum absolute atomic E-state index is 0.0329. The van der Waals surface area contributed by atoms with Crippen LogP contribution in [0.15, 0.2) is 79.1 Å². The normalized spacial score (nSPS) is 10.4. The number of carbonyl (C=O) groups is 1. The minimum atomic E-state index is 0.0329. The van der Waals surface area contributed by atoms with Gasteiger partial charge in [0.15, 0.2) is 24.7 Å². The molecule has 0 N–H and O–H groups in total. The van der Waals surface area contributed by atoms with Crippen LogP contribution in [0.3, 0.4) is 0 Å². The van der Waals surface area contributed by atoms with E-state index in [0.29, 0.717) is 17.7 Å². The van der Waals surface area contributed by atoms with Gasteiger partial charge in [0.05, 0.1) is 5.02 Å². The SMILES string of the molecule is O=C(c1ccccc1)c1cc[n+](Cc2ccccc2Cl)cc1. The van der Waals surface area contributed by atoms with Crippen LogP contribution in [0.2, 0.25) is 5.02 Å². The first-order valence-corrected chi connectivity index (χ1v) is 7.44. The number of aromatic nitrogens is 1. The zero-order valence-corrected chi connectivity index (χ0v) is 12.7. The summed E-state index contributed by atoms with van der Waals surface area (Å²) in [4.78, 5) is 12.3. The highest BCUT2D eigenvalue weighted by atomic mass is 35.5. The molecule has 0 saturated carbocycles. The Morgan fingerprint density at radius 3 is 2.09 bits per heavy atom. The van der Waals surface area contributed by atoms with E-state index in [9.17, 15) is 4.79 Å². The molecule has 0 aliphatic rings. The van der Waals surface area contributed by atoms with E-state index in [1.54, 1.807) is 0 Å². The first-order chi connectivity index (χ1) is 10.7. The van der Waals surface area contributed by atoms with E-state index in [2.05, 4.69) is 0 Å². The molecule has 1 heterocycles. The largest absolute Gasteiger partial charge is 0.289 e. The number of nitrogens with zero attached hydrogens (tertiary/aromatic N) is 1. The van der Waals surface area contributed by atoms with Gasteiger partial charge in [-0.2, -0.15) is 0 Å². The first-order valence-electron chi connectivity index (χ1n) is 7.06. The first kappa shape index (κ1) is 14.5. The Labute approximate surface area is 134 Å². The number of pyridine rings is 1. The van der Waals surface area contributed by atoms with Gasteiger partial charge in [-0.05, 0) is 6.07 Å². The zero-order valence-electron chi connectivity index (χ0n) is 11.9. The molecule has 22 heavy (non-hydrogen) atoms. The van der Waals surface area contributed by atoms with Crippen LogP contribution in [0.1, 0.15) is 21.5 Å². The van der Waals surface area contributed by atoms with Gasteiger partial charge in [0.2, 0.25) is 0 Å². The van der Waals surface area contributed by atoms with Crippen LogP contribution >= 0.6 is 11.6 Å². The highest BCUT2D eigenvalue weighted by molar-refractivity contribution is 6.31. The Morgan fingerprint density at radius 1 is 0.818 bits per heavy atom. The summed E-state index contributed by atoms with van der Waals surface area (Å²) in [6.45, 7) is 0.680. The Morgan fingerprint density at radius 2 is 1.41 bits per heavy atom. The highest BCUT2D eigenvalue weighted by Gasteiger charge is 2.11. The van der Waals surface area contributed by atoms with Gasteiger partial charge in [-0.1, -0.05) is 60.1 Å². The summed E-state index contributed by atoms with van der Waals surface area (Å²) in [6.07, 6.45) is 3.80. The molecule has 1 aromatic heterocycles. The monoisotopic (exact) mass is 308 g/mol. The third-order valence-electron chi connectivity index (χ3n) is 3.50. The maximum atomic E-state index is 12.3. The van der Waals surface area contributed by atoms with Crippen LogP contribution in [-0.4, -0.2) is 5.78 Å². The lowest BCUT2D eigenvalue weighted by atomic mass is 10.0. The standard InChI is InChI=1S/C19H15ClNO/c20-18-9-5-4-8-17(18)14-21-12-10-16(11-13-21)19(22)15-6-2-1-3-7-15/h1-13H,14H2/q+1. The van der Waals surface area contributed by atoms with E-state index >= 15 is 0 Å². The summed E-state index contributed by atoms with van der Waals surface area (Å²) >= 11 is 6.17. The number of hydrogen-bond donors (Lipinski definition) is 0. The van der Waals surface area contributed by atoms with Crippen LogP contribution in [-0.2, 0) is 6.54 Å². The summed E-state index contributed by atoms with van der Waals surface area (Å²) in [5.41, 5.74) is 2.43. The second-order valence-corrected chi connectivity index (χ2v) is 5.45. The third-order valence-corrected chi connectivity index (χ3v) is 3.87. The smallest absolute Gasteiger partial charge is 0.193 e. The summed E-state index contributed by atoms with van der Waals surface area (Å²) < 4.78 is 2.00. The molecule has 0 radical (unpaired) electrons.